The third kappa shape index (κ3) is 2.81. The molecule has 3 heteroatoms. The van der Waals surface area contributed by atoms with Crippen molar-refractivity contribution in [3.05, 3.63) is 34.9 Å². The lowest BCUT2D eigenvalue weighted by atomic mass is 9.87. The van der Waals surface area contributed by atoms with Crippen molar-refractivity contribution in [2.45, 2.75) is 52.2 Å². The molecule has 1 unspecified atom stereocenters. The van der Waals surface area contributed by atoms with E-state index in [2.05, 4.69) is 0 Å². The maximum atomic E-state index is 12.7. The van der Waals surface area contributed by atoms with Gasteiger partial charge in [-0.1, -0.05) is 17.7 Å². The number of aryl methyl sites for hydroxylation is 2. The molecule has 1 N–H and O–H groups in total. The van der Waals surface area contributed by atoms with E-state index in [-0.39, 0.29) is 17.6 Å². The van der Waals surface area contributed by atoms with Crippen LogP contribution in [0.4, 0.5) is 0 Å². The molecule has 1 amide bonds. The lowest BCUT2D eigenvalue weighted by Crippen LogP contribution is -2.54. The zero-order valence-electron chi connectivity index (χ0n) is 12.2. The minimum atomic E-state index is -0.293. The van der Waals surface area contributed by atoms with Gasteiger partial charge in [0.25, 0.3) is 5.91 Å². The molecule has 0 aromatic heterocycles. The molecule has 0 aliphatic carbocycles. The fourth-order valence-corrected chi connectivity index (χ4v) is 2.95. The number of rotatable bonds is 1. The molecule has 1 aromatic carbocycles. The Bertz CT molecular complexity index is 494. The van der Waals surface area contributed by atoms with Gasteiger partial charge >= 0.3 is 0 Å². The molecule has 1 aliphatic rings. The van der Waals surface area contributed by atoms with E-state index in [4.69, 9.17) is 0 Å². The Morgan fingerprint density at radius 3 is 2.63 bits per heavy atom. The van der Waals surface area contributed by atoms with Crippen LogP contribution in [-0.2, 0) is 0 Å². The molecular formula is C16H23NO2. The molecule has 0 spiro atoms. The molecule has 1 aliphatic heterocycles. The summed E-state index contributed by atoms with van der Waals surface area (Å²) in [5.41, 5.74) is 2.68. The van der Waals surface area contributed by atoms with E-state index in [0.717, 1.165) is 11.1 Å². The fraction of sp³-hybridized carbons (Fsp3) is 0.562. The van der Waals surface area contributed by atoms with Gasteiger partial charge in [-0.05, 0) is 52.2 Å². The summed E-state index contributed by atoms with van der Waals surface area (Å²) in [7, 11) is 0. The van der Waals surface area contributed by atoms with Gasteiger partial charge in [0.1, 0.15) is 0 Å². The van der Waals surface area contributed by atoms with Crippen LogP contribution in [0.15, 0.2) is 18.2 Å². The van der Waals surface area contributed by atoms with Crippen molar-refractivity contribution in [3.8, 4) is 0 Å². The summed E-state index contributed by atoms with van der Waals surface area (Å²) >= 11 is 0. The predicted molar refractivity (Wildman–Crippen MR) is 76.3 cm³/mol. The maximum Gasteiger partial charge on any atom is 0.254 e. The molecule has 19 heavy (non-hydrogen) atoms. The van der Waals surface area contributed by atoms with E-state index in [0.29, 0.717) is 19.4 Å². The number of hydrogen-bond acceptors (Lipinski definition) is 2. The third-order valence-corrected chi connectivity index (χ3v) is 4.01. The van der Waals surface area contributed by atoms with Gasteiger partial charge in [0, 0.05) is 17.6 Å². The minimum Gasteiger partial charge on any atom is -0.393 e. The summed E-state index contributed by atoms with van der Waals surface area (Å²) in [5.74, 6) is 0.0781. The lowest BCUT2D eigenvalue weighted by Gasteiger charge is -2.44. The Labute approximate surface area is 115 Å². The molecule has 1 aromatic rings. The van der Waals surface area contributed by atoms with Crippen LogP contribution < -0.4 is 0 Å². The van der Waals surface area contributed by atoms with E-state index >= 15 is 0 Å². The SMILES string of the molecule is Cc1ccc(C(=O)N2CCC(O)CC2(C)C)c(C)c1. The van der Waals surface area contributed by atoms with Crippen molar-refractivity contribution in [3.63, 3.8) is 0 Å². The highest BCUT2D eigenvalue weighted by molar-refractivity contribution is 5.96. The van der Waals surface area contributed by atoms with Crippen molar-refractivity contribution in [2.75, 3.05) is 6.54 Å². The number of hydrogen-bond donors (Lipinski definition) is 1. The fourth-order valence-electron chi connectivity index (χ4n) is 2.95. The number of piperidine rings is 1. The van der Waals surface area contributed by atoms with Crippen LogP contribution in [0.1, 0.15) is 48.2 Å². The van der Waals surface area contributed by atoms with Crippen LogP contribution in [-0.4, -0.2) is 34.1 Å². The Kier molecular flexibility index (Phi) is 3.68. The highest BCUT2D eigenvalue weighted by Gasteiger charge is 2.37. The van der Waals surface area contributed by atoms with E-state index in [9.17, 15) is 9.90 Å². The molecule has 1 saturated heterocycles. The van der Waals surface area contributed by atoms with E-state index in [1.54, 1.807) is 0 Å². The second-order valence-electron chi connectivity index (χ2n) is 6.23. The van der Waals surface area contributed by atoms with Gasteiger partial charge in [0.15, 0.2) is 0 Å². The summed E-state index contributed by atoms with van der Waals surface area (Å²) in [5, 5.41) is 9.77. The van der Waals surface area contributed by atoms with Crippen LogP contribution in [0.25, 0.3) is 0 Å². The van der Waals surface area contributed by atoms with Crippen molar-refractivity contribution >= 4 is 5.91 Å². The first-order chi connectivity index (χ1) is 8.81. The summed E-state index contributed by atoms with van der Waals surface area (Å²) in [6.07, 6.45) is 1.02. The maximum absolute atomic E-state index is 12.7. The van der Waals surface area contributed by atoms with Gasteiger partial charge in [-0.15, -0.1) is 0 Å². The van der Waals surface area contributed by atoms with Gasteiger partial charge < -0.3 is 10.0 Å². The van der Waals surface area contributed by atoms with Crippen LogP contribution in [0.5, 0.6) is 0 Å². The van der Waals surface area contributed by atoms with Crippen LogP contribution >= 0.6 is 0 Å². The molecular weight excluding hydrogens is 238 g/mol. The molecule has 3 nitrogen and oxygen atoms in total. The Balaban J connectivity index is 2.28. The number of benzene rings is 1. The first-order valence-corrected chi connectivity index (χ1v) is 6.88. The molecule has 0 bridgehead atoms. The first-order valence-electron chi connectivity index (χ1n) is 6.88. The number of amides is 1. The number of nitrogens with zero attached hydrogens (tertiary/aromatic N) is 1. The molecule has 0 radical (unpaired) electrons. The average molecular weight is 261 g/mol. The van der Waals surface area contributed by atoms with Gasteiger partial charge in [-0.25, -0.2) is 0 Å². The van der Waals surface area contributed by atoms with Crippen molar-refractivity contribution in [2.24, 2.45) is 0 Å². The molecule has 2 rings (SSSR count). The normalized spacial score (nSPS) is 22.4. The second kappa shape index (κ2) is 4.97. The molecule has 1 atom stereocenters. The number of carbonyl (C=O) groups is 1. The summed E-state index contributed by atoms with van der Waals surface area (Å²) in [6.45, 7) is 8.68. The van der Waals surface area contributed by atoms with E-state index in [1.807, 2.05) is 50.8 Å². The predicted octanol–water partition coefficient (Wildman–Crippen LogP) is 2.68. The van der Waals surface area contributed by atoms with Gasteiger partial charge in [0.2, 0.25) is 0 Å². The number of likely N-dealkylation sites (tertiary alicyclic amines) is 1. The Morgan fingerprint density at radius 2 is 2.05 bits per heavy atom. The Morgan fingerprint density at radius 1 is 1.37 bits per heavy atom. The monoisotopic (exact) mass is 261 g/mol. The largest absolute Gasteiger partial charge is 0.393 e. The average Bonchev–Trinajstić information content (AvgIpc) is 2.26. The summed E-state index contributed by atoms with van der Waals surface area (Å²) in [6, 6.07) is 5.93. The zero-order valence-corrected chi connectivity index (χ0v) is 12.2. The molecule has 1 heterocycles. The lowest BCUT2D eigenvalue weighted by molar-refractivity contribution is 0.00326. The highest BCUT2D eigenvalue weighted by atomic mass is 16.3. The molecule has 104 valence electrons. The molecule has 1 fully saturated rings. The van der Waals surface area contributed by atoms with Gasteiger partial charge in [-0.2, -0.15) is 0 Å². The second-order valence-corrected chi connectivity index (χ2v) is 6.23. The number of carbonyl (C=O) groups excluding carboxylic acids is 1. The van der Waals surface area contributed by atoms with E-state index in [1.165, 1.54) is 5.56 Å². The summed E-state index contributed by atoms with van der Waals surface area (Å²) < 4.78 is 0. The smallest absolute Gasteiger partial charge is 0.254 e. The van der Waals surface area contributed by atoms with Crippen molar-refractivity contribution in [1.82, 2.24) is 4.90 Å². The van der Waals surface area contributed by atoms with Crippen molar-refractivity contribution < 1.29 is 9.90 Å². The van der Waals surface area contributed by atoms with Gasteiger partial charge in [0.05, 0.1) is 6.10 Å². The minimum absolute atomic E-state index is 0.0781. The van der Waals surface area contributed by atoms with E-state index < -0.39 is 0 Å². The molecule has 0 saturated carbocycles. The van der Waals surface area contributed by atoms with Crippen LogP contribution in [0.2, 0.25) is 0 Å². The zero-order chi connectivity index (χ0) is 14.2. The third-order valence-electron chi connectivity index (χ3n) is 4.01. The van der Waals surface area contributed by atoms with Crippen LogP contribution in [0.3, 0.4) is 0 Å². The topological polar surface area (TPSA) is 40.5 Å². The van der Waals surface area contributed by atoms with Crippen LogP contribution in [0, 0.1) is 13.8 Å². The van der Waals surface area contributed by atoms with Crippen molar-refractivity contribution in [1.29, 1.82) is 0 Å². The summed E-state index contributed by atoms with van der Waals surface area (Å²) in [4.78, 5) is 14.6. The standard InChI is InChI=1S/C16H23NO2/c1-11-5-6-14(12(2)9-11)15(19)17-8-7-13(18)10-16(17,3)4/h5-6,9,13,18H,7-8,10H2,1-4H3. The number of aliphatic hydroxyl groups excluding tert-OH is 1. The first kappa shape index (κ1) is 14.1. The Hall–Kier alpha value is -1.35. The van der Waals surface area contributed by atoms with Gasteiger partial charge in [-0.3, -0.25) is 4.79 Å². The number of aliphatic hydroxyl groups is 1. The quantitative estimate of drug-likeness (QED) is 0.844. The highest BCUT2D eigenvalue weighted by Crippen LogP contribution is 2.29.